The van der Waals surface area contributed by atoms with Crippen molar-refractivity contribution in [2.24, 2.45) is 0 Å². The number of hydrogen-bond donors (Lipinski definition) is 2. The van der Waals surface area contributed by atoms with Crippen LogP contribution in [0.15, 0.2) is 36.4 Å². The summed E-state index contributed by atoms with van der Waals surface area (Å²) in [6, 6.07) is 10.7. The van der Waals surface area contributed by atoms with E-state index in [0.717, 1.165) is 30.8 Å². The van der Waals surface area contributed by atoms with Gasteiger partial charge < -0.3 is 20.3 Å². The van der Waals surface area contributed by atoms with Gasteiger partial charge in [-0.25, -0.2) is 0 Å². The van der Waals surface area contributed by atoms with Gasteiger partial charge in [-0.15, -0.1) is 0 Å². The predicted octanol–water partition coefficient (Wildman–Crippen LogP) is 2.75. The minimum Gasteiger partial charge on any atom is -0.493 e. The second-order valence-corrected chi connectivity index (χ2v) is 7.99. The number of hydrogen-bond acceptors (Lipinski definition) is 4. The van der Waals surface area contributed by atoms with E-state index < -0.39 is 6.04 Å². The third kappa shape index (κ3) is 3.40. The van der Waals surface area contributed by atoms with Crippen molar-refractivity contribution >= 4 is 29.1 Å². The summed E-state index contributed by atoms with van der Waals surface area (Å²) in [7, 11) is 0. The zero-order valence-electron chi connectivity index (χ0n) is 16.6. The van der Waals surface area contributed by atoms with Crippen LogP contribution >= 0.6 is 0 Å². The summed E-state index contributed by atoms with van der Waals surface area (Å²) in [6.45, 7) is 1.30. The molecule has 3 aliphatic heterocycles. The van der Waals surface area contributed by atoms with Crippen molar-refractivity contribution in [3.8, 4) is 5.75 Å². The molecule has 0 spiro atoms. The minimum atomic E-state index is -0.402. The lowest BCUT2D eigenvalue weighted by molar-refractivity contribution is -0.119. The third-order valence-corrected chi connectivity index (χ3v) is 6.00. The lowest BCUT2D eigenvalue weighted by Gasteiger charge is -2.20. The van der Waals surface area contributed by atoms with Gasteiger partial charge in [0.15, 0.2) is 0 Å². The number of fused-ring (bicyclic) bond motifs is 3. The largest absolute Gasteiger partial charge is 0.493 e. The molecule has 154 valence electrons. The van der Waals surface area contributed by atoms with Gasteiger partial charge in [0.25, 0.3) is 5.91 Å². The van der Waals surface area contributed by atoms with E-state index in [1.54, 1.807) is 23.1 Å². The number of benzene rings is 2. The van der Waals surface area contributed by atoms with Gasteiger partial charge in [0.1, 0.15) is 11.8 Å². The van der Waals surface area contributed by atoms with Crippen LogP contribution in [0.1, 0.15) is 40.7 Å². The van der Waals surface area contributed by atoms with Crippen molar-refractivity contribution < 1.29 is 19.1 Å². The average molecular weight is 405 g/mol. The number of carbonyl (C=O) groups is 3. The van der Waals surface area contributed by atoms with Crippen molar-refractivity contribution in [3.63, 3.8) is 0 Å². The Labute approximate surface area is 174 Å². The zero-order valence-corrected chi connectivity index (χ0v) is 16.6. The number of carbonyl (C=O) groups excluding carboxylic acids is 3. The summed E-state index contributed by atoms with van der Waals surface area (Å²) >= 11 is 0. The molecule has 1 unspecified atom stereocenters. The summed E-state index contributed by atoms with van der Waals surface area (Å²) in [5, 5.41) is 5.73. The van der Waals surface area contributed by atoms with Crippen LogP contribution in [0, 0.1) is 0 Å². The maximum atomic E-state index is 12.9. The van der Waals surface area contributed by atoms with Gasteiger partial charge in [0.05, 0.1) is 17.9 Å². The molecule has 5 rings (SSSR count). The topological polar surface area (TPSA) is 87.7 Å². The van der Waals surface area contributed by atoms with Crippen LogP contribution in [0.25, 0.3) is 0 Å². The molecule has 0 radical (unpaired) electrons. The van der Waals surface area contributed by atoms with E-state index >= 15 is 0 Å². The highest BCUT2D eigenvalue weighted by Gasteiger charge is 2.38. The normalized spacial score (nSPS) is 19.3. The number of ether oxygens (including phenoxy) is 1. The lowest BCUT2D eigenvalue weighted by Crippen LogP contribution is -2.40. The molecule has 30 heavy (non-hydrogen) atoms. The molecule has 3 aliphatic rings. The molecule has 0 aliphatic carbocycles. The van der Waals surface area contributed by atoms with Crippen molar-refractivity contribution in [2.45, 2.75) is 38.1 Å². The van der Waals surface area contributed by atoms with Crippen LogP contribution in [0.4, 0.5) is 11.4 Å². The van der Waals surface area contributed by atoms with E-state index in [4.69, 9.17) is 4.74 Å². The van der Waals surface area contributed by atoms with Gasteiger partial charge in [-0.1, -0.05) is 12.1 Å². The Kier molecular flexibility index (Phi) is 4.65. The van der Waals surface area contributed by atoms with Crippen molar-refractivity contribution in [1.82, 2.24) is 4.90 Å². The summed E-state index contributed by atoms with van der Waals surface area (Å²) in [6.07, 6.45) is 3.39. The molecular formula is C23H23N3O4. The molecule has 7 heteroatoms. The van der Waals surface area contributed by atoms with Crippen molar-refractivity contribution in [2.75, 3.05) is 23.8 Å². The number of aryl methyl sites for hydroxylation is 1. The van der Waals surface area contributed by atoms with Crippen LogP contribution < -0.4 is 15.4 Å². The first-order valence-corrected chi connectivity index (χ1v) is 10.4. The summed E-state index contributed by atoms with van der Waals surface area (Å²) in [5.74, 6) is 0.513. The van der Waals surface area contributed by atoms with Gasteiger partial charge in [-0.3, -0.25) is 14.4 Å². The Morgan fingerprint density at radius 3 is 3.00 bits per heavy atom. The average Bonchev–Trinajstić information content (AvgIpc) is 3.40. The first-order chi connectivity index (χ1) is 14.6. The first-order valence-electron chi connectivity index (χ1n) is 10.4. The van der Waals surface area contributed by atoms with Gasteiger partial charge in [0.2, 0.25) is 11.8 Å². The van der Waals surface area contributed by atoms with Crippen LogP contribution in [0.3, 0.4) is 0 Å². The highest BCUT2D eigenvalue weighted by molar-refractivity contribution is 6.11. The molecule has 3 amide bonds. The van der Waals surface area contributed by atoms with E-state index in [1.165, 1.54) is 5.56 Å². The number of nitrogens with one attached hydrogen (secondary N) is 2. The molecule has 0 saturated carbocycles. The SMILES string of the molecule is O=C(CCc1ccc2c(c1)CCO2)Nc1ccc2c(c1)C(=O)N1CCCC1C(=O)N2. The second-order valence-electron chi connectivity index (χ2n) is 7.99. The van der Waals surface area contributed by atoms with Gasteiger partial charge in [-0.05, 0) is 54.7 Å². The quantitative estimate of drug-likeness (QED) is 0.819. The van der Waals surface area contributed by atoms with Gasteiger partial charge in [0, 0.05) is 25.1 Å². The zero-order chi connectivity index (χ0) is 20.7. The smallest absolute Gasteiger partial charge is 0.256 e. The van der Waals surface area contributed by atoms with Crippen molar-refractivity contribution in [1.29, 1.82) is 0 Å². The Morgan fingerprint density at radius 2 is 2.10 bits per heavy atom. The number of nitrogens with zero attached hydrogens (tertiary/aromatic N) is 1. The number of anilines is 2. The Balaban J connectivity index is 1.27. The standard InChI is InChI=1S/C23H23N3O4/c27-21(8-4-14-3-7-20-15(12-14)9-11-30-20)24-16-5-6-18-17(13-16)23(29)26-10-1-2-19(26)22(28)25-18/h3,5-7,12-13,19H,1-2,4,8-11H2,(H,24,27)(H,25,28). The molecular weight excluding hydrogens is 382 g/mol. The van der Waals surface area contributed by atoms with Crippen LogP contribution in [-0.2, 0) is 22.4 Å². The Hall–Kier alpha value is -3.35. The van der Waals surface area contributed by atoms with Gasteiger partial charge in [-0.2, -0.15) is 0 Å². The molecule has 0 aromatic heterocycles. The van der Waals surface area contributed by atoms with E-state index in [-0.39, 0.29) is 17.7 Å². The lowest BCUT2D eigenvalue weighted by atomic mass is 10.0. The monoisotopic (exact) mass is 405 g/mol. The molecule has 1 saturated heterocycles. The fraction of sp³-hybridized carbons (Fsp3) is 0.348. The molecule has 2 N–H and O–H groups in total. The second kappa shape index (κ2) is 7.48. The van der Waals surface area contributed by atoms with Gasteiger partial charge >= 0.3 is 0 Å². The molecule has 0 bridgehead atoms. The predicted molar refractivity (Wildman–Crippen MR) is 112 cm³/mol. The molecule has 2 aromatic carbocycles. The fourth-order valence-corrected chi connectivity index (χ4v) is 4.44. The highest BCUT2D eigenvalue weighted by Crippen LogP contribution is 2.30. The number of rotatable bonds is 4. The molecule has 3 heterocycles. The van der Waals surface area contributed by atoms with Crippen LogP contribution in [0.2, 0.25) is 0 Å². The molecule has 2 aromatic rings. The van der Waals surface area contributed by atoms with Crippen LogP contribution in [0.5, 0.6) is 5.75 Å². The number of amides is 3. The molecule has 1 atom stereocenters. The minimum absolute atomic E-state index is 0.115. The van der Waals surface area contributed by atoms with Crippen LogP contribution in [-0.4, -0.2) is 41.8 Å². The van der Waals surface area contributed by atoms with E-state index in [2.05, 4.69) is 16.7 Å². The highest BCUT2D eigenvalue weighted by atomic mass is 16.5. The maximum Gasteiger partial charge on any atom is 0.256 e. The summed E-state index contributed by atoms with van der Waals surface area (Å²) in [5.41, 5.74) is 3.78. The summed E-state index contributed by atoms with van der Waals surface area (Å²) < 4.78 is 5.52. The third-order valence-electron chi connectivity index (χ3n) is 6.00. The maximum absolute atomic E-state index is 12.9. The Bertz CT molecular complexity index is 1050. The van der Waals surface area contributed by atoms with E-state index in [9.17, 15) is 14.4 Å². The van der Waals surface area contributed by atoms with E-state index in [1.807, 2.05) is 12.1 Å². The summed E-state index contributed by atoms with van der Waals surface area (Å²) in [4.78, 5) is 39.4. The van der Waals surface area contributed by atoms with E-state index in [0.29, 0.717) is 42.7 Å². The first kappa shape index (κ1) is 18.7. The molecule has 1 fully saturated rings. The fourth-order valence-electron chi connectivity index (χ4n) is 4.44. The Morgan fingerprint density at radius 1 is 1.20 bits per heavy atom. The van der Waals surface area contributed by atoms with Crippen molar-refractivity contribution in [3.05, 3.63) is 53.1 Å². The molecule has 7 nitrogen and oxygen atoms in total.